The Kier molecular flexibility index (Phi) is 6.17. The molecule has 0 aliphatic carbocycles. The highest BCUT2D eigenvalue weighted by Gasteiger charge is 2.12. The maximum Gasteiger partial charge on any atom is 0.0233 e. The van der Waals surface area contributed by atoms with Crippen LogP contribution >= 0.6 is 0 Å². The fraction of sp³-hybridized carbons (Fsp3) is 0.600. The van der Waals surface area contributed by atoms with Gasteiger partial charge < -0.3 is 0 Å². The monoisotopic (exact) mass is 219 g/mol. The van der Waals surface area contributed by atoms with E-state index in [0.29, 0.717) is 0 Å². The predicted molar refractivity (Wildman–Crippen MR) is 71.5 cm³/mol. The number of hydrogen-bond acceptors (Lipinski definition) is 1. The van der Waals surface area contributed by atoms with Crippen molar-refractivity contribution in [1.82, 2.24) is 4.90 Å². The first-order chi connectivity index (χ1) is 7.77. The van der Waals surface area contributed by atoms with Crippen LogP contribution in [0.3, 0.4) is 0 Å². The largest absolute Gasteiger partial charge is 0.299 e. The van der Waals surface area contributed by atoms with Gasteiger partial charge in [0.15, 0.2) is 0 Å². The Hall–Kier alpha value is -0.820. The number of hydrogen-bond donors (Lipinski definition) is 0. The van der Waals surface area contributed by atoms with Gasteiger partial charge in [0, 0.05) is 12.6 Å². The minimum Gasteiger partial charge on any atom is -0.299 e. The second-order valence-corrected chi connectivity index (χ2v) is 4.63. The molecule has 0 spiro atoms. The summed E-state index contributed by atoms with van der Waals surface area (Å²) < 4.78 is 0. The normalized spacial score (nSPS) is 11.3. The Bertz CT molecular complexity index is 262. The highest BCUT2D eigenvalue weighted by molar-refractivity contribution is 5.14. The van der Waals surface area contributed by atoms with E-state index in [0.717, 1.165) is 12.6 Å². The average molecular weight is 219 g/mol. The summed E-state index contributed by atoms with van der Waals surface area (Å²) in [4.78, 5) is 2.50. The molecule has 1 heteroatoms. The van der Waals surface area contributed by atoms with E-state index in [9.17, 15) is 0 Å². The fourth-order valence-corrected chi connectivity index (χ4v) is 2.25. The van der Waals surface area contributed by atoms with E-state index in [2.05, 4.69) is 56.1 Å². The molecule has 16 heavy (non-hydrogen) atoms. The zero-order valence-electron chi connectivity index (χ0n) is 10.9. The van der Waals surface area contributed by atoms with Crippen LogP contribution < -0.4 is 0 Å². The first kappa shape index (κ1) is 13.2. The summed E-state index contributed by atoms with van der Waals surface area (Å²) in [6.45, 7) is 5.63. The summed E-state index contributed by atoms with van der Waals surface area (Å²) in [5, 5.41) is 0. The third-order valence-electron chi connectivity index (χ3n) is 3.14. The molecule has 0 aliphatic rings. The summed E-state index contributed by atoms with van der Waals surface area (Å²) in [7, 11) is 2.25. The van der Waals surface area contributed by atoms with Crippen LogP contribution in [0.25, 0.3) is 0 Å². The molecule has 0 aliphatic heterocycles. The summed E-state index contributed by atoms with van der Waals surface area (Å²) >= 11 is 0. The third kappa shape index (κ3) is 4.36. The smallest absolute Gasteiger partial charge is 0.0233 e. The third-order valence-corrected chi connectivity index (χ3v) is 3.14. The lowest BCUT2D eigenvalue weighted by molar-refractivity contribution is 0.208. The van der Waals surface area contributed by atoms with E-state index >= 15 is 0 Å². The lowest BCUT2D eigenvalue weighted by Crippen LogP contribution is -2.31. The number of rotatable bonds is 7. The number of benzene rings is 1. The van der Waals surface area contributed by atoms with Crippen LogP contribution in [0.15, 0.2) is 30.3 Å². The molecular weight excluding hydrogens is 194 g/mol. The van der Waals surface area contributed by atoms with Gasteiger partial charge in [-0.2, -0.15) is 0 Å². The molecule has 0 fully saturated rings. The first-order valence-corrected chi connectivity index (χ1v) is 6.52. The predicted octanol–water partition coefficient (Wildman–Crippen LogP) is 4.09. The van der Waals surface area contributed by atoms with E-state index in [1.54, 1.807) is 0 Å². The van der Waals surface area contributed by atoms with E-state index in [4.69, 9.17) is 0 Å². The van der Waals surface area contributed by atoms with Crippen molar-refractivity contribution in [3.05, 3.63) is 35.9 Å². The van der Waals surface area contributed by atoms with Crippen LogP contribution in [-0.2, 0) is 6.54 Å². The standard InChI is InChI=1S/C15H25N/c1-4-9-15(10-5-2)16(3)13-14-11-7-6-8-12-14/h6-8,11-12,15H,4-5,9-10,13H2,1-3H3. The van der Waals surface area contributed by atoms with Gasteiger partial charge in [-0.15, -0.1) is 0 Å². The van der Waals surface area contributed by atoms with Crippen molar-refractivity contribution in [3.63, 3.8) is 0 Å². The Morgan fingerprint density at radius 1 is 1.00 bits per heavy atom. The van der Waals surface area contributed by atoms with Gasteiger partial charge in [0.2, 0.25) is 0 Å². The molecule has 0 saturated heterocycles. The van der Waals surface area contributed by atoms with E-state index in [1.807, 2.05) is 0 Å². The van der Waals surface area contributed by atoms with Gasteiger partial charge in [-0.05, 0) is 25.5 Å². The van der Waals surface area contributed by atoms with Crippen LogP contribution in [0.4, 0.5) is 0 Å². The Balaban J connectivity index is 2.51. The molecule has 1 nitrogen and oxygen atoms in total. The van der Waals surface area contributed by atoms with Gasteiger partial charge in [0.1, 0.15) is 0 Å². The molecule has 90 valence electrons. The number of nitrogens with zero attached hydrogens (tertiary/aromatic N) is 1. The summed E-state index contributed by atoms with van der Waals surface area (Å²) in [5.74, 6) is 0. The molecular formula is C15H25N. The zero-order chi connectivity index (χ0) is 11.8. The Morgan fingerprint density at radius 2 is 1.56 bits per heavy atom. The summed E-state index contributed by atoms with van der Waals surface area (Å²) in [6, 6.07) is 11.5. The van der Waals surface area contributed by atoms with Crippen molar-refractivity contribution in [2.24, 2.45) is 0 Å². The van der Waals surface area contributed by atoms with E-state index in [-0.39, 0.29) is 0 Å². The van der Waals surface area contributed by atoms with Crippen LogP contribution in [0.1, 0.15) is 45.1 Å². The highest BCUT2D eigenvalue weighted by Crippen LogP contribution is 2.14. The van der Waals surface area contributed by atoms with Crippen LogP contribution in [0, 0.1) is 0 Å². The van der Waals surface area contributed by atoms with Crippen LogP contribution in [0.5, 0.6) is 0 Å². The quantitative estimate of drug-likeness (QED) is 0.667. The first-order valence-electron chi connectivity index (χ1n) is 6.52. The summed E-state index contributed by atoms with van der Waals surface area (Å²) in [6.07, 6.45) is 5.20. The van der Waals surface area contributed by atoms with Gasteiger partial charge in [-0.3, -0.25) is 4.90 Å². The van der Waals surface area contributed by atoms with Crippen molar-refractivity contribution in [3.8, 4) is 0 Å². The molecule has 0 atom stereocenters. The molecule has 1 aromatic carbocycles. The minimum absolute atomic E-state index is 0.746. The molecule has 1 rings (SSSR count). The fourth-order valence-electron chi connectivity index (χ4n) is 2.25. The maximum atomic E-state index is 2.50. The second-order valence-electron chi connectivity index (χ2n) is 4.63. The average Bonchev–Trinajstić information content (AvgIpc) is 2.30. The lowest BCUT2D eigenvalue weighted by Gasteiger charge is -2.27. The van der Waals surface area contributed by atoms with Gasteiger partial charge in [0.25, 0.3) is 0 Å². The van der Waals surface area contributed by atoms with Crippen molar-refractivity contribution in [2.45, 2.75) is 52.1 Å². The molecule has 0 saturated carbocycles. The van der Waals surface area contributed by atoms with Crippen LogP contribution in [-0.4, -0.2) is 18.0 Å². The maximum absolute atomic E-state index is 2.50. The SMILES string of the molecule is CCCC(CCC)N(C)Cc1ccccc1. The molecule has 0 aromatic heterocycles. The second kappa shape index (κ2) is 7.45. The van der Waals surface area contributed by atoms with Gasteiger partial charge >= 0.3 is 0 Å². The van der Waals surface area contributed by atoms with E-state index < -0.39 is 0 Å². The van der Waals surface area contributed by atoms with Gasteiger partial charge in [0.05, 0.1) is 0 Å². The molecule has 0 amide bonds. The molecule has 0 bridgehead atoms. The Labute approximate surface area is 100 Å². The van der Waals surface area contributed by atoms with Crippen molar-refractivity contribution >= 4 is 0 Å². The van der Waals surface area contributed by atoms with Crippen LogP contribution in [0.2, 0.25) is 0 Å². The molecule has 1 aromatic rings. The van der Waals surface area contributed by atoms with Crippen molar-refractivity contribution in [2.75, 3.05) is 7.05 Å². The van der Waals surface area contributed by atoms with Gasteiger partial charge in [-0.25, -0.2) is 0 Å². The summed E-state index contributed by atoms with van der Waals surface area (Å²) in [5.41, 5.74) is 1.42. The molecule has 0 N–H and O–H groups in total. The minimum atomic E-state index is 0.746. The van der Waals surface area contributed by atoms with Gasteiger partial charge in [-0.1, -0.05) is 57.0 Å². The van der Waals surface area contributed by atoms with Crippen molar-refractivity contribution < 1.29 is 0 Å². The molecule has 0 heterocycles. The topological polar surface area (TPSA) is 3.24 Å². The highest BCUT2D eigenvalue weighted by atomic mass is 15.1. The van der Waals surface area contributed by atoms with E-state index in [1.165, 1.54) is 31.2 Å². The Morgan fingerprint density at radius 3 is 2.06 bits per heavy atom. The molecule has 0 radical (unpaired) electrons. The van der Waals surface area contributed by atoms with Crippen molar-refractivity contribution in [1.29, 1.82) is 0 Å². The zero-order valence-corrected chi connectivity index (χ0v) is 10.9. The lowest BCUT2D eigenvalue weighted by atomic mass is 10.0. The molecule has 0 unspecified atom stereocenters.